The van der Waals surface area contributed by atoms with Gasteiger partial charge in [-0.05, 0) is 29.8 Å². The summed E-state index contributed by atoms with van der Waals surface area (Å²) in [6.07, 6.45) is 0. The lowest BCUT2D eigenvalue weighted by molar-refractivity contribution is -0.139. The molecule has 0 unspecified atom stereocenters. The van der Waals surface area contributed by atoms with Gasteiger partial charge in [-0.2, -0.15) is 0 Å². The fourth-order valence-corrected chi connectivity index (χ4v) is 4.69. The van der Waals surface area contributed by atoms with Crippen molar-refractivity contribution in [3.05, 3.63) is 64.3 Å². The van der Waals surface area contributed by atoms with Crippen molar-refractivity contribution in [1.82, 2.24) is 0 Å². The zero-order valence-electron chi connectivity index (χ0n) is 22.8. The lowest BCUT2D eigenvalue weighted by Crippen LogP contribution is -2.34. The molecule has 3 aliphatic rings. The van der Waals surface area contributed by atoms with Crippen LogP contribution in [0.4, 0.5) is 14.5 Å². The summed E-state index contributed by atoms with van der Waals surface area (Å²) in [5.41, 5.74) is 0.790. The van der Waals surface area contributed by atoms with Crippen LogP contribution in [0.1, 0.15) is 0 Å². The van der Waals surface area contributed by atoms with E-state index in [4.69, 9.17) is 28.1 Å². The van der Waals surface area contributed by atoms with E-state index in [1.807, 2.05) is 0 Å². The van der Waals surface area contributed by atoms with Gasteiger partial charge in [-0.15, -0.1) is 0 Å². The van der Waals surface area contributed by atoms with Gasteiger partial charge in [0.15, 0.2) is 17.4 Å². The van der Waals surface area contributed by atoms with E-state index >= 15 is 0 Å². The number of esters is 1. The third-order valence-electron chi connectivity index (χ3n) is 6.71. The quantitative estimate of drug-likeness (QED) is 0.280. The second-order valence-electron chi connectivity index (χ2n) is 9.42. The maximum absolute atomic E-state index is 14.6. The fraction of sp³-hybridized carbons (Fsp3) is 0.333. The first-order valence-electron chi connectivity index (χ1n) is 13.3. The number of phenols is 1. The minimum absolute atomic E-state index is 0.0482. The normalized spacial score (nSPS) is 15.5. The Morgan fingerprint density at radius 1 is 0.929 bits per heavy atom. The Bertz CT molecular complexity index is 1610. The van der Waals surface area contributed by atoms with Crippen LogP contribution in [-0.4, -0.2) is 77.5 Å². The molecule has 2 aliphatic heterocycles. The van der Waals surface area contributed by atoms with Gasteiger partial charge in [0.05, 0.1) is 52.4 Å². The second kappa shape index (κ2) is 13.1. The minimum atomic E-state index is -1.01. The van der Waals surface area contributed by atoms with E-state index < -0.39 is 28.8 Å². The molecule has 222 valence electrons. The first kappa shape index (κ1) is 29.2. The predicted octanol–water partition coefficient (Wildman–Crippen LogP) is 3.97. The van der Waals surface area contributed by atoms with Crippen molar-refractivity contribution in [2.24, 2.45) is 0 Å². The first-order valence-corrected chi connectivity index (χ1v) is 13.3. The Morgan fingerprint density at radius 2 is 1.64 bits per heavy atom. The van der Waals surface area contributed by atoms with E-state index in [0.29, 0.717) is 55.5 Å². The highest BCUT2D eigenvalue weighted by Crippen LogP contribution is 2.44. The van der Waals surface area contributed by atoms with Crippen molar-refractivity contribution in [2.45, 2.75) is 0 Å². The maximum atomic E-state index is 14.6. The zero-order valence-corrected chi connectivity index (χ0v) is 22.8. The number of nitrogens with zero attached hydrogens (tertiary/aromatic N) is 1. The molecule has 0 spiro atoms. The number of hydrogen-bond donors (Lipinski definition) is 1. The van der Waals surface area contributed by atoms with Gasteiger partial charge < -0.3 is 38.1 Å². The van der Waals surface area contributed by atoms with Crippen LogP contribution < -0.4 is 15.1 Å². The van der Waals surface area contributed by atoms with Crippen molar-refractivity contribution >= 4 is 22.6 Å². The Morgan fingerprint density at radius 3 is 2.38 bits per heavy atom. The van der Waals surface area contributed by atoms with E-state index in [-0.39, 0.29) is 48.7 Å². The molecule has 0 saturated carbocycles. The van der Waals surface area contributed by atoms with Crippen molar-refractivity contribution in [1.29, 1.82) is 0 Å². The van der Waals surface area contributed by atoms with Crippen LogP contribution in [0.15, 0.2) is 51.7 Å². The van der Waals surface area contributed by atoms with Crippen molar-refractivity contribution in [3.8, 4) is 33.9 Å². The van der Waals surface area contributed by atoms with E-state index in [1.54, 1.807) is 23.1 Å². The van der Waals surface area contributed by atoms with Gasteiger partial charge >= 0.3 is 5.97 Å². The molecule has 2 heterocycles. The summed E-state index contributed by atoms with van der Waals surface area (Å²) >= 11 is 0. The molecule has 10 nitrogen and oxygen atoms in total. The molecule has 2 aromatic carbocycles. The summed E-state index contributed by atoms with van der Waals surface area (Å²) in [6.45, 7) is 2.43. The lowest BCUT2D eigenvalue weighted by atomic mass is 9.93. The molecule has 1 N–H and O–H groups in total. The molecule has 0 amide bonds. The molecule has 0 radical (unpaired) electrons. The van der Waals surface area contributed by atoms with Gasteiger partial charge in [0, 0.05) is 35.2 Å². The fourth-order valence-electron chi connectivity index (χ4n) is 4.69. The van der Waals surface area contributed by atoms with Gasteiger partial charge in [0.1, 0.15) is 30.2 Å². The van der Waals surface area contributed by atoms with Gasteiger partial charge in [-0.1, -0.05) is 6.07 Å². The SMILES string of the molecule is COC(=O)CN1CCOCCOCCOCCOc2cc(-c3c4cc(F)c(=O)cc-4oc4cc(O)c(F)cc34)ccc21. The molecule has 0 atom stereocenters. The molecule has 0 bridgehead atoms. The summed E-state index contributed by atoms with van der Waals surface area (Å²) in [7, 11) is 1.29. The van der Waals surface area contributed by atoms with Gasteiger partial charge in [0.2, 0.25) is 5.43 Å². The summed E-state index contributed by atoms with van der Waals surface area (Å²) in [5.74, 6) is -2.63. The van der Waals surface area contributed by atoms with Gasteiger partial charge in [-0.25, -0.2) is 8.78 Å². The highest BCUT2D eigenvalue weighted by atomic mass is 19.1. The molecular formula is C30H29F2NO9. The lowest BCUT2D eigenvalue weighted by Gasteiger charge is -2.26. The third-order valence-corrected chi connectivity index (χ3v) is 6.71. The number of methoxy groups -OCH3 is 1. The van der Waals surface area contributed by atoms with Crippen LogP contribution in [0, 0.1) is 11.6 Å². The first-order chi connectivity index (χ1) is 20.4. The maximum Gasteiger partial charge on any atom is 0.325 e. The van der Waals surface area contributed by atoms with Gasteiger partial charge in [0.25, 0.3) is 0 Å². The number of carbonyl (C=O) groups is 1. The topological polar surface area (TPSA) is 117 Å². The van der Waals surface area contributed by atoms with E-state index in [1.165, 1.54) is 7.11 Å². The van der Waals surface area contributed by atoms with Crippen LogP contribution in [0.5, 0.6) is 11.5 Å². The van der Waals surface area contributed by atoms with E-state index in [9.17, 15) is 23.5 Å². The molecule has 42 heavy (non-hydrogen) atoms. The Hall–Kier alpha value is -4.26. The van der Waals surface area contributed by atoms with Gasteiger partial charge in [-0.3, -0.25) is 9.59 Å². The molecule has 0 saturated heterocycles. The third kappa shape index (κ3) is 6.46. The number of phenolic OH excluding ortho intramolecular Hbond substituents is 1. The summed E-state index contributed by atoms with van der Waals surface area (Å²) < 4.78 is 62.6. The number of ether oxygens (including phenoxy) is 5. The highest BCUT2D eigenvalue weighted by molar-refractivity contribution is 6.02. The van der Waals surface area contributed by atoms with Crippen LogP contribution in [0.2, 0.25) is 0 Å². The molecule has 5 rings (SSSR count). The highest BCUT2D eigenvalue weighted by Gasteiger charge is 2.23. The monoisotopic (exact) mass is 585 g/mol. The number of aromatic hydroxyl groups is 1. The number of halogens is 2. The molecule has 2 aromatic rings. The molecule has 0 aromatic heterocycles. The number of fused-ring (bicyclic) bond motifs is 3. The second-order valence-corrected chi connectivity index (χ2v) is 9.42. The minimum Gasteiger partial charge on any atom is -0.505 e. The predicted molar refractivity (Wildman–Crippen MR) is 148 cm³/mol. The Balaban J connectivity index is 1.67. The molecule has 12 heteroatoms. The smallest absolute Gasteiger partial charge is 0.325 e. The zero-order chi connectivity index (χ0) is 29.6. The largest absolute Gasteiger partial charge is 0.505 e. The van der Waals surface area contributed by atoms with Crippen LogP contribution >= 0.6 is 0 Å². The van der Waals surface area contributed by atoms with E-state index in [2.05, 4.69) is 0 Å². The standard InChI is InChI=1S/C30H29F2NO9/c1-37-29(36)17-33-4-5-38-6-7-39-8-9-40-10-11-41-28-12-18(2-3-23(28)33)30-19-13-21(31)24(34)15-26(19)42-27-16-25(35)22(32)14-20(27)30/h2-3,12-16,34H,4-11,17H2,1H3. The Labute approximate surface area is 239 Å². The number of carbonyl (C=O) groups excluding carboxylic acids is 1. The molecule has 1 aliphatic carbocycles. The van der Waals surface area contributed by atoms with Crippen molar-refractivity contribution in [3.63, 3.8) is 0 Å². The average molecular weight is 586 g/mol. The molecule has 0 fully saturated rings. The number of anilines is 1. The van der Waals surface area contributed by atoms with Crippen LogP contribution in [-0.2, 0) is 23.7 Å². The van der Waals surface area contributed by atoms with Crippen LogP contribution in [0.25, 0.3) is 33.4 Å². The number of benzene rings is 3. The molecular weight excluding hydrogens is 556 g/mol. The number of hydrogen-bond acceptors (Lipinski definition) is 10. The average Bonchev–Trinajstić information content (AvgIpc) is 2.98. The number of rotatable bonds is 3. The summed E-state index contributed by atoms with van der Waals surface area (Å²) in [5, 5.41) is 10.2. The Kier molecular flexibility index (Phi) is 9.15. The van der Waals surface area contributed by atoms with Crippen LogP contribution in [0.3, 0.4) is 0 Å². The van der Waals surface area contributed by atoms with Crippen molar-refractivity contribution in [2.75, 3.05) is 71.3 Å². The van der Waals surface area contributed by atoms with Crippen molar-refractivity contribution < 1.29 is 46.8 Å². The van der Waals surface area contributed by atoms with E-state index in [0.717, 1.165) is 24.3 Å². The summed E-state index contributed by atoms with van der Waals surface area (Å²) in [4.78, 5) is 26.1. The summed E-state index contributed by atoms with van der Waals surface area (Å²) in [6, 6.07) is 9.31.